The Morgan fingerprint density at radius 3 is 2.13 bits per heavy atom. The van der Waals surface area contributed by atoms with E-state index in [-0.39, 0.29) is 37.6 Å². The van der Waals surface area contributed by atoms with Crippen molar-refractivity contribution in [1.29, 1.82) is 0 Å². The molecule has 0 saturated carbocycles. The smallest absolute Gasteiger partial charge is 0.404 e. The van der Waals surface area contributed by atoms with Gasteiger partial charge in [-0.3, -0.25) is 0 Å². The molecule has 0 N–H and O–H groups in total. The van der Waals surface area contributed by atoms with E-state index in [1.54, 1.807) is 7.05 Å². The van der Waals surface area contributed by atoms with Crippen LogP contribution in [-0.4, -0.2) is 67.5 Å². The van der Waals surface area contributed by atoms with Crippen molar-refractivity contribution >= 4 is 20.0 Å². The second kappa shape index (κ2) is 8.17. The molecule has 0 spiro atoms. The lowest BCUT2D eigenvalue weighted by molar-refractivity contribution is -0.275. The van der Waals surface area contributed by atoms with Crippen LogP contribution in [0.2, 0.25) is 0 Å². The van der Waals surface area contributed by atoms with Gasteiger partial charge in [0.2, 0.25) is 10.0 Å². The number of para-hydroxylation sites is 1. The number of aryl methyl sites for hydroxylation is 1. The number of rotatable bonds is 5. The molecule has 1 fully saturated rings. The lowest BCUT2D eigenvalue weighted by atomic mass is 10.3. The Balaban J connectivity index is 1.83. The molecule has 1 saturated heterocycles. The van der Waals surface area contributed by atoms with Crippen molar-refractivity contribution < 1.29 is 34.7 Å². The highest BCUT2D eigenvalue weighted by molar-refractivity contribution is 7.89. The van der Waals surface area contributed by atoms with Crippen molar-refractivity contribution in [3.8, 4) is 5.75 Å². The molecule has 0 unspecified atom stereocenters. The minimum Gasteiger partial charge on any atom is -0.404 e. The SMILES string of the molecule is Cn1cnc(S(=O)(=O)N2CCCN(S(=O)(=O)c3ccccc3OC(F)(F)F)CC2)c1. The van der Waals surface area contributed by atoms with Crippen molar-refractivity contribution in [2.24, 2.45) is 7.05 Å². The normalized spacial score (nSPS) is 17.6. The number of aromatic nitrogens is 2. The second-order valence-corrected chi connectivity index (χ2v) is 10.3. The summed E-state index contributed by atoms with van der Waals surface area (Å²) in [4.78, 5) is 3.20. The molecule has 14 heteroatoms. The van der Waals surface area contributed by atoms with Crippen molar-refractivity contribution in [3.05, 3.63) is 36.8 Å². The zero-order valence-corrected chi connectivity index (χ0v) is 17.4. The summed E-state index contributed by atoms with van der Waals surface area (Å²) in [6.07, 6.45) is -2.23. The summed E-state index contributed by atoms with van der Waals surface area (Å²) in [6, 6.07) is 4.44. The molecular weight excluding hydrogens is 449 g/mol. The quantitative estimate of drug-likeness (QED) is 0.658. The summed E-state index contributed by atoms with van der Waals surface area (Å²) >= 11 is 0. The fraction of sp³-hybridized carbons (Fsp3) is 0.438. The highest BCUT2D eigenvalue weighted by Crippen LogP contribution is 2.31. The largest absolute Gasteiger partial charge is 0.573 e. The van der Waals surface area contributed by atoms with Gasteiger partial charge in [-0.05, 0) is 18.6 Å². The van der Waals surface area contributed by atoms with Crippen LogP contribution in [0.4, 0.5) is 13.2 Å². The first-order valence-corrected chi connectivity index (χ1v) is 11.6. The van der Waals surface area contributed by atoms with E-state index in [1.165, 1.54) is 29.2 Å². The zero-order valence-electron chi connectivity index (χ0n) is 15.8. The summed E-state index contributed by atoms with van der Waals surface area (Å²) in [6.45, 7) is -0.405. The molecular formula is C16H19F3N4O5S2. The van der Waals surface area contributed by atoms with Gasteiger partial charge in [-0.25, -0.2) is 21.8 Å². The first kappa shape index (κ1) is 22.5. The van der Waals surface area contributed by atoms with Gasteiger partial charge in [-0.1, -0.05) is 12.1 Å². The summed E-state index contributed by atoms with van der Waals surface area (Å²) in [5, 5.41) is -0.162. The molecule has 0 bridgehead atoms. The van der Waals surface area contributed by atoms with E-state index >= 15 is 0 Å². The number of benzene rings is 1. The summed E-state index contributed by atoms with van der Waals surface area (Å²) in [7, 11) is -6.66. The van der Waals surface area contributed by atoms with Crippen LogP contribution < -0.4 is 4.74 Å². The zero-order chi connectivity index (χ0) is 22.2. The van der Waals surface area contributed by atoms with Crippen molar-refractivity contribution in [1.82, 2.24) is 18.2 Å². The highest BCUT2D eigenvalue weighted by Gasteiger charge is 2.37. The van der Waals surface area contributed by atoms with Crippen LogP contribution in [-0.2, 0) is 27.1 Å². The topological polar surface area (TPSA) is 102 Å². The molecule has 2 aromatic rings. The lowest BCUT2D eigenvalue weighted by Gasteiger charge is -2.22. The van der Waals surface area contributed by atoms with E-state index in [1.807, 2.05) is 0 Å². The molecule has 30 heavy (non-hydrogen) atoms. The third-order valence-electron chi connectivity index (χ3n) is 4.39. The molecule has 0 amide bonds. The van der Waals surface area contributed by atoms with Gasteiger partial charge in [0, 0.05) is 39.4 Å². The second-order valence-electron chi connectivity index (χ2n) is 6.53. The molecule has 0 aliphatic carbocycles. The third kappa shape index (κ3) is 4.77. The monoisotopic (exact) mass is 468 g/mol. The molecule has 0 radical (unpaired) electrons. The van der Waals surface area contributed by atoms with Crippen LogP contribution in [0.15, 0.2) is 46.7 Å². The average molecular weight is 468 g/mol. The van der Waals surface area contributed by atoms with Gasteiger partial charge in [0.15, 0.2) is 5.03 Å². The van der Waals surface area contributed by atoms with Crippen LogP contribution in [0.1, 0.15) is 6.42 Å². The summed E-state index contributed by atoms with van der Waals surface area (Å²) in [5.74, 6) is -0.841. The number of imidazole rings is 1. The van der Waals surface area contributed by atoms with E-state index in [0.29, 0.717) is 0 Å². The van der Waals surface area contributed by atoms with Crippen molar-refractivity contribution in [2.75, 3.05) is 26.2 Å². The molecule has 0 atom stereocenters. The van der Waals surface area contributed by atoms with E-state index in [9.17, 15) is 30.0 Å². The third-order valence-corrected chi connectivity index (χ3v) is 8.11. The lowest BCUT2D eigenvalue weighted by Crippen LogP contribution is -2.37. The van der Waals surface area contributed by atoms with Gasteiger partial charge < -0.3 is 9.30 Å². The number of nitrogens with zero attached hydrogens (tertiary/aromatic N) is 4. The number of hydrogen-bond donors (Lipinski definition) is 0. The predicted molar refractivity (Wildman–Crippen MR) is 98.5 cm³/mol. The number of ether oxygens (including phenoxy) is 1. The van der Waals surface area contributed by atoms with Crippen LogP contribution in [0.5, 0.6) is 5.75 Å². The Bertz CT molecular complexity index is 1120. The van der Waals surface area contributed by atoms with Gasteiger partial charge in [-0.2, -0.15) is 8.61 Å². The standard InChI is InChI=1S/C16H19F3N4O5S2/c1-21-11-15(20-12-21)30(26,27)23-8-4-7-22(9-10-23)29(24,25)14-6-3-2-5-13(14)28-16(17,18)19/h2-3,5-6,11-12H,4,7-10H2,1H3. The number of halogens is 3. The highest BCUT2D eigenvalue weighted by atomic mass is 32.2. The Morgan fingerprint density at radius 2 is 1.57 bits per heavy atom. The van der Waals surface area contributed by atoms with Gasteiger partial charge in [0.25, 0.3) is 10.0 Å². The maximum Gasteiger partial charge on any atom is 0.573 e. The molecule has 166 valence electrons. The predicted octanol–water partition coefficient (Wildman–Crippen LogP) is 1.40. The molecule has 9 nitrogen and oxygen atoms in total. The summed E-state index contributed by atoms with van der Waals surface area (Å²) < 4.78 is 96.7. The fourth-order valence-electron chi connectivity index (χ4n) is 3.02. The number of alkyl halides is 3. The molecule has 3 rings (SSSR count). The van der Waals surface area contributed by atoms with E-state index in [0.717, 1.165) is 20.7 Å². The average Bonchev–Trinajstić information content (AvgIpc) is 2.93. The minimum absolute atomic E-state index is 0.0472. The fourth-order valence-corrected chi connectivity index (χ4v) is 6.04. The molecule has 1 aromatic heterocycles. The maximum atomic E-state index is 13.0. The summed E-state index contributed by atoms with van der Waals surface area (Å²) in [5.41, 5.74) is 0. The van der Waals surface area contributed by atoms with Gasteiger partial charge >= 0.3 is 6.36 Å². The van der Waals surface area contributed by atoms with Crippen molar-refractivity contribution in [2.45, 2.75) is 22.7 Å². The molecule has 1 aromatic carbocycles. The first-order valence-electron chi connectivity index (χ1n) is 8.74. The van der Waals surface area contributed by atoms with E-state index < -0.39 is 37.1 Å². The van der Waals surface area contributed by atoms with Gasteiger partial charge in [0.05, 0.1) is 6.33 Å². The molecule has 2 heterocycles. The van der Waals surface area contributed by atoms with E-state index in [4.69, 9.17) is 0 Å². The van der Waals surface area contributed by atoms with Crippen LogP contribution >= 0.6 is 0 Å². The molecule has 1 aliphatic rings. The maximum absolute atomic E-state index is 13.0. The van der Waals surface area contributed by atoms with Crippen LogP contribution in [0.25, 0.3) is 0 Å². The molecule has 1 aliphatic heterocycles. The minimum atomic E-state index is -5.06. The Hall–Kier alpha value is -2.16. The number of sulfonamides is 2. The first-order chi connectivity index (χ1) is 13.9. The van der Waals surface area contributed by atoms with Crippen LogP contribution in [0.3, 0.4) is 0 Å². The Kier molecular flexibility index (Phi) is 6.13. The van der Waals surface area contributed by atoms with E-state index in [2.05, 4.69) is 9.72 Å². The number of hydrogen-bond acceptors (Lipinski definition) is 6. The Morgan fingerprint density at radius 1 is 0.967 bits per heavy atom. The van der Waals surface area contributed by atoms with Gasteiger partial charge in [-0.15, -0.1) is 13.2 Å². The van der Waals surface area contributed by atoms with Crippen molar-refractivity contribution in [3.63, 3.8) is 0 Å². The Labute approximate surface area is 171 Å². The van der Waals surface area contributed by atoms with Crippen LogP contribution in [0, 0.1) is 0 Å². The van der Waals surface area contributed by atoms with Gasteiger partial charge in [0.1, 0.15) is 10.6 Å².